The molecule has 198 valence electrons. The Kier molecular flexibility index (Phi) is 6.81. The third-order valence-electron chi connectivity index (χ3n) is 7.10. The van der Waals surface area contributed by atoms with Crippen LogP contribution < -0.4 is 15.6 Å². The van der Waals surface area contributed by atoms with Crippen LogP contribution in [0.15, 0.2) is 83.8 Å². The maximum absolute atomic E-state index is 13.2. The second kappa shape index (κ2) is 10.7. The number of fused-ring (bicyclic) bond motifs is 1. The Bertz CT molecular complexity index is 1640. The van der Waals surface area contributed by atoms with Gasteiger partial charge in [0.15, 0.2) is 11.5 Å². The largest absolute Gasteiger partial charge is 0.474 e. The molecule has 0 aliphatic carbocycles. The second-order valence-corrected chi connectivity index (χ2v) is 9.79. The Morgan fingerprint density at radius 3 is 2.41 bits per heavy atom. The van der Waals surface area contributed by atoms with Crippen LogP contribution in [-0.4, -0.2) is 55.5 Å². The summed E-state index contributed by atoms with van der Waals surface area (Å²) in [5, 5.41) is 3.71. The summed E-state index contributed by atoms with van der Waals surface area (Å²) in [6.07, 6.45) is 3.63. The monoisotopic (exact) mass is 521 g/mol. The first kappa shape index (κ1) is 24.8. The molecule has 39 heavy (non-hydrogen) atoms. The van der Waals surface area contributed by atoms with Crippen LogP contribution in [0.2, 0.25) is 0 Å². The van der Waals surface area contributed by atoms with Crippen LogP contribution in [0.1, 0.15) is 19.8 Å². The van der Waals surface area contributed by atoms with Crippen molar-refractivity contribution >= 4 is 22.7 Å². The topological polar surface area (TPSA) is 90.1 Å². The Labute approximate surface area is 226 Å². The highest BCUT2D eigenvalue weighted by atomic mass is 16.5. The van der Waals surface area contributed by atoms with Crippen molar-refractivity contribution in [3.8, 4) is 22.8 Å². The summed E-state index contributed by atoms with van der Waals surface area (Å²) < 4.78 is 9.60. The van der Waals surface area contributed by atoms with Crippen molar-refractivity contribution < 1.29 is 4.74 Å². The number of hydrogen-bond acceptors (Lipinski definition) is 7. The molecule has 1 N–H and O–H groups in total. The van der Waals surface area contributed by atoms with Gasteiger partial charge in [0.05, 0.1) is 0 Å². The Morgan fingerprint density at radius 2 is 1.67 bits per heavy atom. The number of nitrogens with zero attached hydrogens (tertiary/aromatic N) is 6. The van der Waals surface area contributed by atoms with E-state index < -0.39 is 0 Å². The minimum absolute atomic E-state index is 0.130. The number of rotatable bonds is 7. The zero-order chi connectivity index (χ0) is 26.8. The molecule has 0 atom stereocenters. The highest BCUT2D eigenvalue weighted by molar-refractivity contribution is 5.77. The van der Waals surface area contributed by atoms with Gasteiger partial charge in [-0.1, -0.05) is 48.5 Å². The Hall–Kier alpha value is -4.50. The summed E-state index contributed by atoms with van der Waals surface area (Å²) in [7, 11) is 2.13. The molecule has 1 aliphatic rings. The average molecular weight is 522 g/mol. The van der Waals surface area contributed by atoms with Gasteiger partial charge in [0.2, 0.25) is 11.8 Å². The van der Waals surface area contributed by atoms with E-state index in [1.807, 2.05) is 55.5 Å². The minimum atomic E-state index is -0.158. The lowest BCUT2D eigenvalue weighted by molar-refractivity contribution is 0.110. The SMILES string of the molecule is CCn1c(=O)c2cnc(Nc3ccc(-c4ccccc4)cc3)nc2n1-c1cccc(OC2CCN(C)CC2)n1. The summed E-state index contributed by atoms with van der Waals surface area (Å²) in [5.74, 6) is 1.52. The second-order valence-electron chi connectivity index (χ2n) is 9.79. The van der Waals surface area contributed by atoms with Gasteiger partial charge in [-0.2, -0.15) is 9.97 Å². The van der Waals surface area contributed by atoms with Crippen molar-refractivity contribution in [3.05, 3.63) is 89.3 Å². The van der Waals surface area contributed by atoms with Gasteiger partial charge in [-0.05, 0) is 56.1 Å². The van der Waals surface area contributed by atoms with E-state index in [2.05, 4.69) is 46.5 Å². The smallest absolute Gasteiger partial charge is 0.278 e. The molecule has 0 saturated carbocycles. The highest BCUT2D eigenvalue weighted by Gasteiger charge is 2.21. The molecule has 6 rings (SSSR count). The van der Waals surface area contributed by atoms with Crippen LogP contribution in [-0.2, 0) is 6.54 Å². The standard InChI is InChI=1S/C30H31N7O2/c1-3-36-29(38)25-20-31-30(32-23-14-12-22(13-15-23)21-8-5-4-6-9-21)34-28(25)37(36)26-10-7-11-27(33-26)39-24-16-18-35(2)19-17-24/h4-15,20,24H,3,16-19H2,1-2H3,(H,31,32,34). The predicted octanol–water partition coefficient (Wildman–Crippen LogP) is 4.88. The Morgan fingerprint density at radius 1 is 0.923 bits per heavy atom. The Balaban J connectivity index is 1.31. The van der Waals surface area contributed by atoms with Crippen LogP contribution in [0.3, 0.4) is 0 Å². The lowest BCUT2D eigenvalue weighted by Gasteiger charge is -2.29. The molecular weight excluding hydrogens is 490 g/mol. The number of benzene rings is 2. The maximum atomic E-state index is 13.2. The number of likely N-dealkylation sites (tertiary alicyclic amines) is 1. The van der Waals surface area contributed by atoms with Gasteiger partial charge in [0, 0.05) is 37.6 Å². The van der Waals surface area contributed by atoms with Gasteiger partial charge in [0.25, 0.3) is 5.56 Å². The number of anilines is 2. The molecular formula is C30H31N7O2. The van der Waals surface area contributed by atoms with Gasteiger partial charge in [0.1, 0.15) is 11.5 Å². The van der Waals surface area contributed by atoms with Crippen LogP contribution in [0.5, 0.6) is 5.88 Å². The molecule has 4 heterocycles. The molecule has 2 aromatic carbocycles. The summed E-state index contributed by atoms with van der Waals surface area (Å²) in [6.45, 7) is 4.39. The first-order chi connectivity index (χ1) is 19.1. The van der Waals surface area contributed by atoms with E-state index in [0.29, 0.717) is 35.2 Å². The van der Waals surface area contributed by atoms with Gasteiger partial charge in [-0.15, -0.1) is 0 Å². The molecule has 3 aromatic heterocycles. The van der Waals surface area contributed by atoms with Crippen molar-refractivity contribution in [2.75, 3.05) is 25.5 Å². The van der Waals surface area contributed by atoms with Crippen LogP contribution in [0.4, 0.5) is 11.6 Å². The van der Waals surface area contributed by atoms with Crippen molar-refractivity contribution in [2.24, 2.45) is 0 Å². The van der Waals surface area contributed by atoms with Crippen LogP contribution >= 0.6 is 0 Å². The molecule has 0 bridgehead atoms. The van der Waals surface area contributed by atoms with Gasteiger partial charge in [-0.25, -0.2) is 14.3 Å². The van der Waals surface area contributed by atoms with Crippen molar-refractivity contribution in [1.82, 2.24) is 29.2 Å². The van der Waals surface area contributed by atoms with Gasteiger partial charge < -0.3 is 15.0 Å². The number of ether oxygens (including phenoxy) is 1. The van der Waals surface area contributed by atoms with E-state index in [1.165, 1.54) is 0 Å². The lowest BCUT2D eigenvalue weighted by atomic mass is 10.1. The van der Waals surface area contributed by atoms with Gasteiger partial charge in [-0.3, -0.25) is 4.79 Å². The quantitative estimate of drug-likeness (QED) is 0.326. The van der Waals surface area contributed by atoms with Crippen molar-refractivity contribution in [1.29, 1.82) is 0 Å². The fourth-order valence-electron chi connectivity index (χ4n) is 4.97. The predicted molar refractivity (Wildman–Crippen MR) is 153 cm³/mol. The van der Waals surface area contributed by atoms with Crippen LogP contribution in [0.25, 0.3) is 28.0 Å². The van der Waals surface area contributed by atoms with Crippen molar-refractivity contribution in [2.45, 2.75) is 32.4 Å². The molecule has 9 nitrogen and oxygen atoms in total. The summed E-state index contributed by atoms with van der Waals surface area (Å²) in [4.78, 5) is 29.5. The molecule has 0 unspecified atom stereocenters. The normalized spacial score (nSPS) is 14.5. The number of hydrogen-bond donors (Lipinski definition) is 1. The number of aromatic nitrogens is 5. The summed E-state index contributed by atoms with van der Waals surface area (Å²) in [5.41, 5.74) is 3.46. The summed E-state index contributed by atoms with van der Waals surface area (Å²) in [6, 6.07) is 23.9. The van der Waals surface area contributed by atoms with E-state index >= 15 is 0 Å². The van der Waals surface area contributed by atoms with Crippen LogP contribution in [0, 0.1) is 0 Å². The molecule has 1 fully saturated rings. The molecule has 0 spiro atoms. The van der Waals surface area contributed by atoms with E-state index in [-0.39, 0.29) is 11.7 Å². The molecule has 0 radical (unpaired) electrons. The molecule has 5 aromatic rings. The lowest BCUT2D eigenvalue weighted by Crippen LogP contribution is -2.35. The van der Waals surface area contributed by atoms with E-state index in [9.17, 15) is 4.79 Å². The number of nitrogens with one attached hydrogen (secondary N) is 1. The third-order valence-corrected chi connectivity index (χ3v) is 7.10. The fraction of sp³-hybridized carbons (Fsp3) is 0.267. The highest BCUT2D eigenvalue weighted by Crippen LogP contribution is 2.24. The molecule has 0 amide bonds. The third kappa shape index (κ3) is 5.13. The zero-order valence-corrected chi connectivity index (χ0v) is 22.1. The fourth-order valence-corrected chi connectivity index (χ4v) is 4.97. The van der Waals surface area contributed by atoms with E-state index in [4.69, 9.17) is 14.7 Å². The summed E-state index contributed by atoms with van der Waals surface area (Å²) >= 11 is 0. The van der Waals surface area contributed by atoms with Gasteiger partial charge >= 0.3 is 0 Å². The van der Waals surface area contributed by atoms with E-state index in [1.54, 1.807) is 15.6 Å². The first-order valence-corrected chi connectivity index (χ1v) is 13.3. The molecule has 9 heteroatoms. The average Bonchev–Trinajstić information content (AvgIpc) is 3.26. The molecule has 1 aliphatic heterocycles. The zero-order valence-electron chi connectivity index (χ0n) is 22.1. The maximum Gasteiger partial charge on any atom is 0.278 e. The van der Waals surface area contributed by atoms with Crippen molar-refractivity contribution in [3.63, 3.8) is 0 Å². The first-order valence-electron chi connectivity index (χ1n) is 13.3. The number of pyridine rings is 1. The molecule has 1 saturated heterocycles. The minimum Gasteiger partial charge on any atom is -0.474 e. The van der Waals surface area contributed by atoms with E-state index in [0.717, 1.165) is 42.7 Å². The number of piperidine rings is 1.